The van der Waals surface area contributed by atoms with E-state index in [1.807, 2.05) is 6.92 Å². The molecule has 0 spiro atoms. The molecule has 0 aromatic heterocycles. The average molecular weight is 527 g/mol. The second-order valence-electron chi connectivity index (χ2n) is 11.6. The molecule has 204 valence electrons. The van der Waals surface area contributed by atoms with Crippen molar-refractivity contribution < 1.29 is 17.0 Å². The average Bonchev–Trinajstić information content (AvgIpc) is 2.77. The highest BCUT2D eigenvalue weighted by Crippen LogP contribution is 2.36. The molecule has 1 aromatic carbocycles. The molecule has 1 rings (SSSR count). The Hall–Kier alpha value is -0.693. The number of aryl methyl sites for hydroxylation is 1. The van der Waals surface area contributed by atoms with Gasteiger partial charge in [0.2, 0.25) is 0 Å². The van der Waals surface area contributed by atoms with Crippen molar-refractivity contribution in [3.63, 3.8) is 0 Å². The van der Waals surface area contributed by atoms with Crippen LogP contribution in [0.15, 0.2) is 29.2 Å². The normalized spacial score (nSPS) is 12.9. The predicted octanol–water partition coefficient (Wildman–Crippen LogP) is 9.18. The molecule has 4 nitrogen and oxygen atoms in total. The Morgan fingerprint density at radius 2 is 1.03 bits per heavy atom. The summed E-state index contributed by atoms with van der Waals surface area (Å²) in [5.74, 6) is 0. The van der Waals surface area contributed by atoms with E-state index in [9.17, 15) is 8.42 Å². The van der Waals surface area contributed by atoms with Crippen LogP contribution in [0.5, 0.6) is 0 Å². The lowest BCUT2D eigenvalue weighted by Gasteiger charge is -2.36. The van der Waals surface area contributed by atoms with Gasteiger partial charge in [-0.05, 0) is 50.0 Å². The van der Waals surface area contributed by atoms with Crippen LogP contribution in [0, 0.1) is 6.92 Å². The van der Waals surface area contributed by atoms with E-state index in [2.05, 4.69) is 33.9 Å². The van der Waals surface area contributed by atoms with Gasteiger partial charge in [-0.3, -0.25) is 4.18 Å². The first-order valence-corrected chi connectivity index (χ1v) is 18.4. The maximum absolute atomic E-state index is 12.1. The topological polar surface area (TPSA) is 52.6 Å². The van der Waals surface area contributed by atoms with Crippen LogP contribution in [0.4, 0.5) is 0 Å². The van der Waals surface area contributed by atoms with Crippen LogP contribution in [0.25, 0.3) is 0 Å². The van der Waals surface area contributed by atoms with Gasteiger partial charge in [-0.2, -0.15) is 8.42 Å². The number of unbranched alkanes of at least 4 members (excludes halogenated alkanes) is 13. The molecule has 0 unspecified atom stereocenters. The van der Waals surface area contributed by atoms with Crippen molar-refractivity contribution in [1.29, 1.82) is 0 Å². The van der Waals surface area contributed by atoms with Gasteiger partial charge < -0.3 is 4.43 Å². The predicted molar refractivity (Wildman–Crippen MR) is 152 cm³/mol. The molecule has 0 saturated heterocycles. The van der Waals surface area contributed by atoms with Gasteiger partial charge in [0.05, 0.1) is 11.5 Å². The van der Waals surface area contributed by atoms with E-state index in [1.54, 1.807) is 24.3 Å². The maximum Gasteiger partial charge on any atom is 0.296 e. The van der Waals surface area contributed by atoms with Crippen LogP contribution in [-0.4, -0.2) is 29.9 Å². The molecular weight excluding hydrogens is 472 g/mol. The van der Waals surface area contributed by atoms with E-state index in [0.717, 1.165) is 31.4 Å². The number of rotatable bonds is 20. The van der Waals surface area contributed by atoms with Crippen LogP contribution in [0.2, 0.25) is 18.1 Å². The summed E-state index contributed by atoms with van der Waals surface area (Å²) >= 11 is 0. The zero-order chi connectivity index (χ0) is 26.2. The Morgan fingerprint density at radius 1 is 0.657 bits per heavy atom. The fraction of sp³-hybridized carbons (Fsp3) is 0.793. The fourth-order valence-corrected chi connectivity index (χ4v) is 5.84. The van der Waals surface area contributed by atoms with E-state index in [-0.39, 0.29) is 11.5 Å². The molecule has 0 amide bonds. The minimum atomic E-state index is -3.61. The first-order valence-electron chi connectivity index (χ1n) is 14.1. The van der Waals surface area contributed by atoms with Gasteiger partial charge in [-0.25, -0.2) is 0 Å². The monoisotopic (exact) mass is 526 g/mol. The summed E-state index contributed by atoms with van der Waals surface area (Å²) in [7, 11) is -5.17. The van der Waals surface area contributed by atoms with Gasteiger partial charge in [-0.1, -0.05) is 116 Å². The molecule has 0 aliphatic carbocycles. The van der Waals surface area contributed by atoms with E-state index in [0.29, 0.717) is 5.04 Å². The molecule has 1 aromatic rings. The largest absolute Gasteiger partial charge is 0.417 e. The van der Waals surface area contributed by atoms with Crippen molar-refractivity contribution >= 4 is 18.4 Å². The molecule has 0 atom stereocenters. The number of benzene rings is 1. The minimum absolute atomic E-state index is 0.245. The standard InChI is InChI=1S/C29H54O4SSi/c1-27-21-23-28(24-22-27)34(30,31)32-25-19-17-15-13-11-9-7-8-10-12-14-16-18-20-26-33-35(5,6)29(2,3)4/h21-24H,7-20,25-26H2,1-6H3. The minimum Gasteiger partial charge on any atom is -0.417 e. The van der Waals surface area contributed by atoms with Crippen molar-refractivity contribution in [2.45, 2.75) is 141 Å². The summed E-state index contributed by atoms with van der Waals surface area (Å²) in [5, 5.41) is 0.315. The second kappa shape index (κ2) is 16.9. The first-order chi connectivity index (χ1) is 16.5. The summed E-state index contributed by atoms with van der Waals surface area (Å²) < 4.78 is 35.7. The smallest absolute Gasteiger partial charge is 0.296 e. The number of hydrogen-bond donors (Lipinski definition) is 0. The highest BCUT2D eigenvalue weighted by molar-refractivity contribution is 7.86. The fourth-order valence-electron chi connectivity index (χ4n) is 3.81. The van der Waals surface area contributed by atoms with E-state index in [1.165, 1.54) is 70.6 Å². The Morgan fingerprint density at radius 3 is 1.43 bits per heavy atom. The van der Waals surface area contributed by atoms with E-state index < -0.39 is 18.4 Å². The maximum atomic E-state index is 12.1. The molecule has 35 heavy (non-hydrogen) atoms. The molecule has 0 heterocycles. The van der Waals surface area contributed by atoms with Crippen molar-refractivity contribution in [2.75, 3.05) is 13.2 Å². The Kier molecular flexibility index (Phi) is 15.6. The third-order valence-corrected chi connectivity index (χ3v) is 13.2. The van der Waals surface area contributed by atoms with Crippen molar-refractivity contribution in [3.05, 3.63) is 29.8 Å². The molecule has 0 bridgehead atoms. The van der Waals surface area contributed by atoms with Crippen LogP contribution in [-0.2, 0) is 18.7 Å². The third kappa shape index (κ3) is 14.6. The summed E-state index contributed by atoms with van der Waals surface area (Å²) in [6.07, 6.45) is 17.5. The van der Waals surface area contributed by atoms with Gasteiger partial charge in [-0.15, -0.1) is 0 Å². The van der Waals surface area contributed by atoms with Crippen molar-refractivity contribution in [3.8, 4) is 0 Å². The molecule has 0 fully saturated rings. The van der Waals surface area contributed by atoms with Crippen LogP contribution < -0.4 is 0 Å². The molecule has 0 aliphatic rings. The van der Waals surface area contributed by atoms with E-state index >= 15 is 0 Å². The zero-order valence-corrected chi connectivity index (χ0v) is 25.5. The molecule has 6 heteroatoms. The van der Waals surface area contributed by atoms with Gasteiger partial charge >= 0.3 is 0 Å². The highest BCUT2D eigenvalue weighted by Gasteiger charge is 2.36. The summed E-state index contributed by atoms with van der Waals surface area (Å²) in [4.78, 5) is 0.245. The molecule has 0 N–H and O–H groups in total. The molecular formula is C29H54O4SSi. The SMILES string of the molecule is Cc1ccc(S(=O)(=O)OCCCCCCCCCCCCCCCCO[Si](C)(C)C(C)(C)C)cc1. The van der Waals surface area contributed by atoms with Gasteiger partial charge in [0.1, 0.15) is 0 Å². The summed E-state index contributed by atoms with van der Waals surface area (Å²) in [6.45, 7) is 14.8. The molecule has 0 saturated carbocycles. The van der Waals surface area contributed by atoms with Crippen LogP contribution >= 0.6 is 0 Å². The lowest BCUT2D eigenvalue weighted by molar-refractivity contribution is 0.277. The second-order valence-corrected chi connectivity index (χ2v) is 18.1. The lowest BCUT2D eigenvalue weighted by atomic mass is 10.0. The quantitative estimate of drug-likeness (QED) is 0.0965. The lowest BCUT2D eigenvalue weighted by Crippen LogP contribution is -2.40. The highest BCUT2D eigenvalue weighted by atomic mass is 32.2. The zero-order valence-electron chi connectivity index (χ0n) is 23.7. The van der Waals surface area contributed by atoms with Crippen molar-refractivity contribution in [2.24, 2.45) is 0 Å². The summed E-state index contributed by atoms with van der Waals surface area (Å²) in [5.41, 5.74) is 1.04. The number of hydrogen-bond acceptors (Lipinski definition) is 4. The van der Waals surface area contributed by atoms with Gasteiger partial charge in [0.15, 0.2) is 8.32 Å². The summed E-state index contributed by atoms with van der Waals surface area (Å²) in [6, 6.07) is 6.81. The Labute approximate surface area is 218 Å². The van der Waals surface area contributed by atoms with Crippen molar-refractivity contribution in [1.82, 2.24) is 0 Å². The van der Waals surface area contributed by atoms with Gasteiger partial charge in [0, 0.05) is 6.61 Å². The molecule has 0 radical (unpaired) electrons. The third-order valence-electron chi connectivity index (χ3n) is 7.36. The first kappa shape index (κ1) is 32.3. The van der Waals surface area contributed by atoms with Gasteiger partial charge in [0.25, 0.3) is 10.1 Å². The Balaban J connectivity index is 1.85. The Bertz CT molecular complexity index is 767. The van der Waals surface area contributed by atoms with E-state index in [4.69, 9.17) is 8.61 Å². The van der Waals surface area contributed by atoms with Crippen LogP contribution in [0.3, 0.4) is 0 Å². The molecule has 0 aliphatic heterocycles. The van der Waals surface area contributed by atoms with Crippen LogP contribution in [0.1, 0.15) is 116 Å².